The number of aryl methyl sites for hydroxylation is 2. The van der Waals surface area contributed by atoms with Crippen LogP contribution in [0.25, 0.3) is 0 Å². The number of hydrogen-bond donors (Lipinski definition) is 2. The second-order valence-corrected chi connectivity index (χ2v) is 8.73. The maximum atomic E-state index is 13.7. The van der Waals surface area contributed by atoms with E-state index in [0.29, 0.717) is 28.1 Å². The number of benzene rings is 3. The molecule has 31 heavy (non-hydrogen) atoms. The molecule has 0 fully saturated rings. The molecule has 0 saturated carbocycles. The predicted octanol–water partition coefficient (Wildman–Crippen LogP) is 4.18. The molecule has 1 amide bonds. The molecule has 0 aliphatic rings. The molecule has 0 bridgehead atoms. The van der Waals surface area contributed by atoms with Crippen molar-refractivity contribution in [2.24, 2.45) is 0 Å². The van der Waals surface area contributed by atoms with Gasteiger partial charge < -0.3 is 10.1 Å². The zero-order chi connectivity index (χ0) is 22.6. The number of halogens is 1. The monoisotopic (exact) mass is 442 g/mol. The molecule has 6 nitrogen and oxygen atoms in total. The smallest absolute Gasteiger partial charge is 0.262 e. The van der Waals surface area contributed by atoms with E-state index in [1.165, 1.54) is 19.2 Å². The van der Waals surface area contributed by atoms with Gasteiger partial charge >= 0.3 is 0 Å². The molecule has 0 saturated heterocycles. The van der Waals surface area contributed by atoms with Crippen LogP contribution in [0.3, 0.4) is 0 Å². The minimum Gasteiger partial charge on any atom is -0.497 e. The Morgan fingerprint density at radius 2 is 1.65 bits per heavy atom. The van der Waals surface area contributed by atoms with Gasteiger partial charge in [-0.1, -0.05) is 18.2 Å². The topological polar surface area (TPSA) is 84.5 Å². The number of carbonyl (C=O) groups excluding carboxylic acids is 1. The van der Waals surface area contributed by atoms with E-state index in [4.69, 9.17) is 4.74 Å². The number of sulfonamides is 1. The van der Waals surface area contributed by atoms with Crippen LogP contribution in [0.15, 0.2) is 65.6 Å². The molecule has 3 aromatic carbocycles. The van der Waals surface area contributed by atoms with Crippen LogP contribution < -0.4 is 14.8 Å². The average molecular weight is 443 g/mol. The van der Waals surface area contributed by atoms with E-state index >= 15 is 0 Å². The fourth-order valence-electron chi connectivity index (χ4n) is 2.93. The van der Waals surface area contributed by atoms with E-state index in [9.17, 15) is 17.6 Å². The van der Waals surface area contributed by atoms with Crippen LogP contribution in [-0.2, 0) is 16.6 Å². The van der Waals surface area contributed by atoms with Gasteiger partial charge in [0.25, 0.3) is 15.9 Å². The molecule has 0 unspecified atom stereocenters. The van der Waals surface area contributed by atoms with Crippen LogP contribution in [0.1, 0.15) is 27.0 Å². The lowest BCUT2D eigenvalue weighted by Crippen LogP contribution is -2.23. The summed E-state index contributed by atoms with van der Waals surface area (Å²) in [6.45, 7) is 3.43. The summed E-state index contributed by atoms with van der Waals surface area (Å²) in [6.07, 6.45) is 0. The van der Waals surface area contributed by atoms with Gasteiger partial charge in [0.15, 0.2) is 0 Å². The van der Waals surface area contributed by atoms with Gasteiger partial charge in [0.05, 0.1) is 12.0 Å². The second-order valence-electron chi connectivity index (χ2n) is 7.08. The van der Waals surface area contributed by atoms with Gasteiger partial charge in [0.1, 0.15) is 11.6 Å². The van der Waals surface area contributed by atoms with Crippen molar-refractivity contribution in [1.82, 2.24) is 5.32 Å². The third-order valence-electron chi connectivity index (χ3n) is 4.77. The number of methoxy groups -OCH3 is 1. The van der Waals surface area contributed by atoms with Crippen LogP contribution in [-0.4, -0.2) is 21.4 Å². The molecule has 0 aliphatic heterocycles. The number of hydrogen-bond acceptors (Lipinski definition) is 4. The van der Waals surface area contributed by atoms with Gasteiger partial charge in [0, 0.05) is 17.8 Å². The highest BCUT2D eigenvalue weighted by Crippen LogP contribution is 2.22. The van der Waals surface area contributed by atoms with Crippen LogP contribution >= 0.6 is 0 Å². The van der Waals surface area contributed by atoms with E-state index in [-0.39, 0.29) is 22.8 Å². The molecular formula is C23H23FN2O4S. The van der Waals surface area contributed by atoms with Crippen LogP contribution in [0.4, 0.5) is 10.1 Å². The number of nitrogens with one attached hydrogen (secondary N) is 2. The molecule has 0 atom stereocenters. The molecule has 162 valence electrons. The summed E-state index contributed by atoms with van der Waals surface area (Å²) >= 11 is 0. The SMILES string of the molecule is COc1ccc(NS(=O)(=O)c2cc(C(=O)NCc3ccc(C)c(F)c3)ccc2C)cc1. The van der Waals surface area contributed by atoms with Gasteiger partial charge in [0.2, 0.25) is 0 Å². The minimum atomic E-state index is -3.92. The van der Waals surface area contributed by atoms with Crippen molar-refractivity contribution in [2.45, 2.75) is 25.3 Å². The van der Waals surface area contributed by atoms with Gasteiger partial charge in [-0.15, -0.1) is 0 Å². The van der Waals surface area contributed by atoms with Crippen molar-refractivity contribution in [3.05, 3.63) is 88.7 Å². The summed E-state index contributed by atoms with van der Waals surface area (Å²) in [7, 11) is -2.40. The Hall–Kier alpha value is -3.39. The average Bonchev–Trinajstić information content (AvgIpc) is 2.74. The normalized spacial score (nSPS) is 11.1. The number of amides is 1. The summed E-state index contributed by atoms with van der Waals surface area (Å²) in [5.74, 6) is -0.201. The fraction of sp³-hybridized carbons (Fsp3) is 0.174. The van der Waals surface area contributed by atoms with E-state index < -0.39 is 15.9 Å². The second kappa shape index (κ2) is 9.18. The molecule has 0 aromatic heterocycles. The largest absolute Gasteiger partial charge is 0.497 e. The first-order valence-electron chi connectivity index (χ1n) is 9.50. The maximum absolute atomic E-state index is 13.7. The molecule has 0 aliphatic carbocycles. The van der Waals surface area contributed by atoms with E-state index in [2.05, 4.69) is 10.0 Å². The van der Waals surface area contributed by atoms with Gasteiger partial charge in [-0.25, -0.2) is 12.8 Å². The highest BCUT2D eigenvalue weighted by atomic mass is 32.2. The summed E-state index contributed by atoms with van der Waals surface area (Å²) in [5, 5.41) is 2.69. The Morgan fingerprint density at radius 1 is 0.968 bits per heavy atom. The molecule has 8 heteroatoms. The third-order valence-corrected chi connectivity index (χ3v) is 6.29. The number of ether oxygens (including phenoxy) is 1. The molecule has 0 spiro atoms. The van der Waals surface area contributed by atoms with Gasteiger partial charge in [-0.05, 0) is 73.0 Å². The zero-order valence-electron chi connectivity index (χ0n) is 17.4. The molecule has 3 rings (SSSR count). The minimum absolute atomic E-state index is 0.00246. The van der Waals surface area contributed by atoms with Gasteiger partial charge in [-0.2, -0.15) is 0 Å². The maximum Gasteiger partial charge on any atom is 0.262 e. The van der Waals surface area contributed by atoms with Crippen LogP contribution in [0.2, 0.25) is 0 Å². The molecular weight excluding hydrogens is 419 g/mol. The third kappa shape index (κ3) is 5.40. The molecule has 3 aromatic rings. The quantitative estimate of drug-likeness (QED) is 0.575. The van der Waals surface area contributed by atoms with Gasteiger partial charge in [-0.3, -0.25) is 9.52 Å². The summed E-state index contributed by atoms with van der Waals surface area (Å²) in [5.41, 5.74) is 2.19. The van der Waals surface area contributed by atoms with E-state index in [1.54, 1.807) is 62.4 Å². The first-order valence-corrected chi connectivity index (χ1v) is 11.0. The summed E-state index contributed by atoms with van der Waals surface area (Å²) in [6, 6.07) is 15.6. The molecule has 0 heterocycles. The first kappa shape index (κ1) is 22.3. The van der Waals surface area contributed by atoms with E-state index in [0.717, 1.165) is 0 Å². The number of carbonyl (C=O) groups is 1. The van der Waals surface area contributed by atoms with E-state index in [1.807, 2.05) is 0 Å². The summed E-state index contributed by atoms with van der Waals surface area (Å²) < 4.78 is 47.0. The zero-order valence-corrected chi connectivity index (χ0v) is 18.2. The Bertz CT molecular complexity index is 1210. The Labute approximate surface area is 181 Å². The van der Waals surface area contributed by atoms with Crippen molar-refractivity contribution in [3.63, 3.8) is 0 Å². The van der Waals surface area contributed by atoms with Crippen LogP contribution in [0, 0.1) is 19.7 Å². The highest BCUT2D eigenvalue weighted by Gasteiger charge is 2.19. The van der Waals surface area contributed by atoms with Crippen molar-refractivity contribution < 1.29 is 22.3 Å². The lowest BCUT2D eigenvalue weighted by Gasteiger charge is -2.13. The Morgan fingerprint density at radius 3 is 2.29 bits per heavy atom. The van der Waals surface area contributed by atoms with Crippen molar-refractivity contribution in [2.75, 3.05) is 11.8 Å². The summed E-state index contributed by atoms with van der Waals surface area (Å²) in [4.78, 5) is 12.6. The molecule has 2 N–H and O–H groups in total. The predicted molar refractivity (Wildman–Crippen MR) is 117 cm³/mol. The number of rotatable bonds is 7. The molecule has 0 radical (unpaired) electrons. The van der Waals surface area contributed by atoms with Crippen LogP contribution in [0.5, 0.6) is 5.75 Å². The fourth-order valence-corrected chi connectivity index (χ4v) is 4.26. The van der Waals surface area contributed by atoms with Crippen molar-refractivity contribution >= 4 is 21.6 Å². The number of anilines is 1. The lowest BCUT2D eigenvalue weighted by atomic mass is 10.1. The van der Waals surface area contributed by atoms with Crippen molar-refractivity contribution in [3.8, 4) is 5.75 Å². The van der Waals surface area contributed by atoms with Crippen molar-refractivity contribution in [1.29, 1.82) is 0 Å². The Balaban J connectivity index is 1.77. The first-order chi connectivity index (χ1) is 14.7. The standard InChI is InChI=1S/C23H23FN2O4S/c1-15-4-6-17(12-21(15)24)14-25-23(27)18-7-5-16(2)22(13-18)31(28,29)26-19-8-10-20(30-3)11-9-19/h4-13,26H,14H2,1-3H3,(H,25,27). The Kier molecular flexibility index (Phi) is 6.60. The highest BCUT2D eigenvalue weighted by molar-refractivity contribution is 7.92. The lowest BCUT2D eigenvalue weighted by molar-refractivity contribution is 0.0950.